The van der Waals surface area contributed by atoms with E-state index in [1.807, 2.05) is 61.5 Å². The molecular formula is C14H16N4O. The standard InChI is InChI=1S/C14H16N4O/c1-17(2)13-8-10-14(11-9-13)18(19)16-15-12-6-4-3-5-7-12/h3-11,15H,1-2H3/b18-16-. The maximum Gasteiger partial charge on any atom is 0.154 e. The van der Waals surface area contributed by atoms with Crippen molar-refractivity contribution in [2.75, 3.05) is 24.4 Å². The zero-order valence-electron chi connectivity index (χ0n) is 10.9. The third-order valence-electron chi connectivity index (χ3n) is 2.63. The number of anilines is 2. The van der Waals surface area contributed by atoms with Gasteiger partial charge in [0.2, 0.25) is 0 Å². The van der Waals surface area contributed by atoms with Gasteiger partial charge in [-0.2, -0.15) is 0 Å². The Morgan fingerprint density at radius 1 is 1.00 bits per heavy atom. The van der Waals surface area contributed by atoms with Gasteiger partial charge >= 0.3 is 0 Å². The van der Waals surface area contributed by atoms with Crippen molar-refractivity contribution in [1.29, 1.82) is 0 Å². The van der Waals surface area contributed by atoms with Crippen LogP contribution in [0.15, 0.2) is 59.8 Å². The molecule has 0 aliphatic carbocycles. The molecule has 0 amide bonds. The second kappa shape index (κ2) is 5.86. The summed E-state index contributed by atoms with van der Waals surface area (Å²) in [7, 11) is 3.90. The normalized spacial score (nSPS) is 11.2. The van der Waals surface area contributed by atoms with E-state index in [0.717, 1.165) is 11.4 Å². The van der Waals surface area contributed by atoms with Crippen LogP contribution >= 0.6 is 0 Å². The molecule has 0 atom stereocenters. The van der Waals surface area contributed by atoms with Gasteiger partial charge in [0.15, 0.2) is 5.69 Å². The Hall–Kier alpha value is -2.56. The van der Waals surface area contributed by atoms with Gasteiger partial charge in [-0.1, -0.05) is 18.2 Å². The van der Waals surface area contributed by atoms with Crippen molar-refractivity contribution >= 4 is 17.1 Å². The lowest BCUT2D eigenvalue weighted by Crippen LogP contribution is -2.08. The molecule has 0 aliphatic rings. The van der Waals surface area contributed by atoms with Crippen molar-refractivity contribution in [3.8, 4) is 0 Å². The Balaban J connectivity index is 2.08. The van der Waals surface area contributed by atoms with E-state index in [1.54, 1.807) is 12.1 Å². The summed E-state index contributed by atoms with van der Waals surface area (Å²) in [4.78, 5) is 2.53. The Morgan fingerprint density at radius 2 is 1.63 bits per heavy atom. The van der Waals surface area contributed by atoms with Crippen LogP contribution < -0.4 is 10.3 Å². The maximum absolute atomic E-state index is 11.8. The molecule has 19 heavy (non-hydrogen) atoms. The van der Waals surface area contributed by atoms with Crippen LogP contribution in [0.5, 0.6) is 0 Å². The molecule has 0 fully saturated rings. The van der Waals surface area contributed by atoms with Crippen LogP contribution in [0.4, 0.5) is 17.1 Å². The van der Waals surface area contributed by atoms with Crippen molar-refractivity contribution < 1.29 is 4.86 Å². The highest BCUT2D eigenvalue weighted by molar-refractivity contribution is 5.49. The van der Waals surface area contributed by atoms with E-state index in [0.29, 0.717) is 10.5 Å². The van der Waals surface area contributed by atoms with E-state index >= 15 is 0 Å². The van der Waals surface area contributed by atoms with E-state index in [1.165, 1.54) is 0 Å². The van der Waals surface area contributed by atoms with E-state index in [9.17, 15) is 5.21 Å². The number of hydrogen-bond acceptors (Lipinski definition) is 3. The van der Waals surface area contributed by atoms with Gasteiger partial charge in [0, 0.05) is 19.8 Å². The second-order valence-electron chi connectivity index (χ2n) is 4.26. The van der Waals surface area contributed by atoms with Gasteiger partial charge in [0.05, 0.1) is 5.22 Å². The third-order valence-corrected chi connectivity index (χ3v) is 2.63. The molecule has 0 saturated carbocycles. The number of nitrogens with zero attached hydrogens (tertiary/aromatic N) is 3. The van der Waals surface area contributed by atoms with Crippen molar-refractivity contribution in [1.82, 2.24) is 0 Å². The van der Waals surface area contributed by atoms with Crippen LogP contribution in [0.2, 0.25) is 0 Å². The van der Waals surface area contributed by atoms with Crippen molar-refractivity contribution in [3.63, 3.8) is 0 Å². The summed E-state index contributed by atoms with van der Waals surface area (Å²) in [5, 5.41) is 15.5. The van der Waals surface area contributed by atoms with E-state index < -0.39 is 0 Å². The Morgan fingerprint density at radius 3 is 2.21 bits per heavy atom. The molecule has 2 rings (SSSR count). The number of para-hydroxylation sites is 1. The van der Waals surface area contributed by atoms with Crippen molar-refractivity contribution in [2.45, 2.75) is 0 Å². The van der Waals surface area contributed by atoms with Crippen LogP contribution in [0.1, 0.15) is 0 Å². The number of benzene rings is 2. The van der Waals surface area contributed by atoms with Crippen molar-refractivity contribution in [3.05, 3.63) is 59.8 Å². The number of nitrogens with one attached hydrogen (secondary N) is 1. The molecule has 5 nitrogen and oxygen atoms in total. The van der Waals surface area contributed by atoms with Crippen LogP contribution in [0.25, 0.3) is 0 Å². The first-order valence-electron chi connectivity index (χ1n) is 5.93. The van der Waals surface area contributed by atoms with E-state index in [4.69, 9.17) is 0 Å². The molecule has 0 bridgehead atoms. The molecule has 1 N–H and O–H groups in total. The minimum absolute atomic E-state index is 0.481. The summed E-state index contributed by atoms with van der Waals surface area (Å²) in [6, 6.07) is 16.5. The molecule has 2 aromatic carbocycles. The smallest absolute Gasteiger partial charge is 0.154 e. The third kappa shape index (κ3) is 3.45. The largest absolute Gasteiger partial charge is 0.691 e. The zero-order chi connectivity index (χ0) is 13.7. The highest BCUT2D eigenvalue weighted by atomic mass is 16.5. The molecule has 0 heterocycles. The first kappa shape index (κ1) is 12.9. The van der Waals surface area contributed by atoms with Crippen LogP contribution in [0.3, 0.4) is 0 Å². The average Bonchev–Trinajstić information content (AvgIpc) is 2.46. The van der Waals surface area contributed by atoms with Gasteiger partial charge in [0.25, 0.3) is 0 Å². The summed E-state index contributed by atoms with van der Waals surface area (Å²) in [5.74, 6) is 0. The molecule has 0 radical (unpaired) electrons. The fourth-order valence-corrected chi connectivity index (χ4v) is 1.55. The highest BCUT2D eigenvalue weighted by Crippen LogP contribution is 2.18. The van der Waals surface area contributed by atoms with Crippen LogP contribution in [-0.2, 0) is 0 Å². The monoisotopic (exact) mass is 256 g/mol. The minimum Gasteiger partial charge on any atom is -0.691 e. The number of hydrogen-bond donors (Lipinski definition) is 1. The summed E-state index contributed by atoms with van der Waals surface area (Å²) in [5.41, 5.74) is 5.00. The molecule has 0 aromatic heterocycles. The quantitative estimate of drug-likeness (QED) is 0.518. The topological polar surface area (TPSA) is 53.7 Å². The lowest BCUT2D eigenvalue weighted by atomic mass is 10.3. The summed E-state index contributed by atoms with van der Waals surface area (Å²) in [6.45, 7) is 0. The molecule has 0 spiro atoms. The second-order valence-corrected chi connectivity index (χ2v) is 4.26. The van der Waals surface area contributed by atoms with Crippen LogP contribution in [0, 0.1) is 5.21 Å². The first-order chi connectivity index (χ1) is 9.16. The van der Waals surface area contributed by atoms with Gasteiger partial charge in [-0.15, -0.1) is 10.3 Å². The SMILES string of the molecule is CN(C)c1ccc(/[N+]([O-])=N/Nc2ccccc2)cc1. The lowest BCUT2D eigenvalue weighted by molar-refractivity contribution is -0.439. The lowest BCUT2D eigenvalue weighted by Gasteiger charge is -2.12. The summed E-state index contributed by atoms with van der Waals surface area (Å²) >= 11 is 0. The fourth-order valence-electron chi connectivity index (χ4n) is 1.55. The number of rotatable bonds is 4. The zero-order valence-corrected chi connectivity index (χ0v) is 10.9. The van der Waals surface area contributed by atoms with Crippen LogP contribution in [-0.4, -0.2) is 19.0 Å². The van der Waals surface area contributed by atoms with Gasteiger partial charge < -0.3 is 10.1 Å². The van der Waals surface area contributed by atoms with Gasteiger partial charge in [0.1, 0.15) is 5.69 Å². The van der Waals surface area contributed by atoms with Gasteiger partial charge in [-0.05, 0) is 36.4 Å². The molecule has 5 heteroatoms. The fraction of sp³-hybridized carbons (Fsp3) is 0.143. The van der Waals surface area contributed by atoms with Crippen molar-refractivity contribution in [2.24, 2.45) is 5.22 Å². The Labute approximate surface area is 112 Å². The molecule has 0 saturated heterocycles. The Kier molecular flexibility index (Phi) is 3.97. The summed E-state index contributed by atoms with van der Waals surface area (Å²) in [6.07, 6.45) is 0. The Bertz CT molecular complexity index is 549. The predicted molar refractivity (Wildman–Crippen MR) is 76.5 cm³/mol. The molecule has 0 aliphatic heterocycles. The molecular weight excluding hydrogens is 240 g/mol. The molecule has 0 unspecified atom stereocenters. The van der Waals surface area contributed by atoms with Gasteiger partial charge in [-0.3, -0.25) is 0 Å². The van der Waals surface area contributed by atoms with Gasteiger partial charge in [-0.25, -0.2) is 0 Å². The summed E-state index contributed by atoms with van der Waals surface area (Å²) < 4.78 is 0. The molecule has 98 valence electrons. The maximum atomic E-state index is 11.8. The average molecular weight is 256 g/mol. The molecule has 2 aromatic rings. The van der Waals surface area contributed by atoms with E-state index in [-0.39, 0.29) is 0 Å². The minimum atomic E-state index is 0.481. The highest BCUT2D eigenvalue weighted by Gasteiger charge is 2.00. The predicted octanol–water partition coefficient (Wildman–Crippen LogP) is 3.37. The first-order valence-corrected chi connectivity index (χ1v) is 5.93. The van der Waals surface area contributed by atoms with E-state index in [2.05, 4.69) is 10.6 Å².